The number of nitriles is 1. The zero-order valence-corrected chi connectivity index (χ0v) is 12.2. The van der Waals surface area contributed by atoms with E-state index in [-0.39, 0.29) is 6.04 Å². The quantitative estimate of drug-likeness (QED) is 0.826. The summed E-state index contributed by atoms with van der Waals surface area (Å²) in [5, 5.41) is 9.57. The molecule has 5 nitrogen and oxygen atoms in total. The van der Waals surface area contributed by atoms with E-state index >= 15 is 0 Å². The van der Waals surface area contributed by atoms with E-state index in [2.05, 4.69) is 11.0 Å². The highest BCUT2D eigenvalue weighted by Crippen LogP contribution is 2.41. The topological polar surface area (TPSA) is 54.7 Å². The molecule has 1 saturated heterocycles. The van der Waals surface area contributed by atoms with Crippen LogP contribution in [0.4, 0.5) is 0 Å². The molecule has 0 spiro atoms. The van der Waals surface area contributed by atoms with E-state index < -0.39 is 0 Å². The second-order valence-corrected chi connectivity index (χ2v) is 4.72. The van der Waals surface area contributed by atoms with E-state index in [1.807, 2.05) is 0 Å². The third-order valence-electron chi connectivity index (χ3n) is 3.65. The molecule has 0 radical (unpaired) electrons. The molecule has 1 unspecified atom stereocenters. The Morgan fingerprint density at radius 1 is 1.05 bits per heavy atom. The average Bonchev–Trinajstić information content (AvgIpc) is 3.01. The number of nitrogens with zero attached hydrogens (tertiary/aromatic N) is 2. The van der Waals surface area contributed by atoms with E-state index in [0.29, 0.717) is 17.2 Å². The average molecular weight is 276 g/mol. The number of methoxy groups -OCH3 is 3. The summed E-state index contributed by atoms with van der Waals surface area (Å²) < 4.78 is 16.1. The van der Waals surface area contributed by atoms with Gasteiger partial charge in [-0.05, 0) is 25.9 Å². The Morgan fingerprint density at radius 3 is 2.00 bits per heavy atom. The van der Waals surface area contributed by atoms with Gasteiger partial charge in [0.15, 0.2) is 0 Å². The van der Waals surface area contributed by atoms with Crippen molar-refractivity contribution >= 4 is 0 Å². The molecular formula is C15H20N2O3. The Hall–Kier alpha value is -1.93. The van der Waals surface area contributed by atoms with E-state index in [9.17, 15) is 5.26 Å². The predicted molar refractivity (Wildman–Crippen MR) is 75.3 cm³/mol. The predicted octanol–water partition coefficient (Wildman–Crippen LogP) is 2.37. The Labute approximate surface area is 119 Å². The molecule has 1 aliphatic rings. The van der Waals surface area contributed by atoms with Gasteiger partial charge in [-0.2, -0.15) is 5.26 Å². The molecule has 0 N–H and O–H groups in total. The first-order chi connectivity index (χ1) is 9.74. The molecule has 1 atom stereocenters. The maximum absolute atomic E-state index is 9.57. The minimum absolute atomic E-state index is 0.353. The Kier molecular flexibility index (Phi) is 4.70. The highest BCUT2D eigenvalue weighted by Gasteiger charge is 2.29. The van der Waals surface area contributed by atoms with Crippen molar-refractivity contribution < 1.29 is 14.2 Å². The lowest BCUT2D eigenvalue weighted by Gasteiger charge is -2.25. The van der Waals surface area contributed by atoms with Gasteiger partial charge in [0.2, 0.25) is 0 Å². The molecule has 1 aromatic carbocycles. The number of likely N-dealkylation sites (tertiary alicyclic amines) is 1. The van der Waals surface area contributed by atoms with Crippen LogP contribution in [0.1, 0.15) is 24.4 Å². The van der Waals surface area contributed by atoms with E-state index in [4.69, 9.17) is 14.2 Å². The maximum Gasteiger partial charge on any atom is 0.132 e. The van der Waals surface area contributed by atoms with Crippen molar-refractivity contribution in [1.82, 2.24) is 4.90 Å². The van der Waals surface area contributed by atoms with Crippen LogP contribution in [0.3, 0.4) is 0 Å². The fraction of sp³-hybridized carbons (Fsp3) is 0.533. The van der Waals surface area contributed by atoms with Gasteiger partial charge in [-0.15, -0.1) is 0 Å². The molecule has 0 aromatic heterocycles. The van der Waals surface area contributed by atoms with Crippen molar-refractivity contribution in [2.24, 2.45) is 0 Å². The largest absolute Gasteiger partial charge is 0.496 e. The monoisotopic (exact) mass is 276 g/mol. The molecule has 0 aliphatic carbocycles. The maximum atomic E-state index is 9.57. The molecule has 1 aliphatic heterocycles. The zero-order valence-electron chi connectivity index (χ0n) is 12.2. The van der Waals surface area contributed by atoms with Crippen molar-refractivity contribution in [2.75, 3.05) is 34.4 Å². The van der Waals surface area contributed by atoms with E-state index in [1.54, 1.807) is 33.5 Å². The molecule has 0 amide bonds. The van der Waals surface area contributed by atoms with Gasteiger partial charge in [-0.1, -0.05) is 0 Å². The molecule has 5 heteroatoms. The standard InChI is InChI=1S/C15H20N2O3/c1-18-11-8-13(19-2)15(14(9-11)20-3)12(10-16)17-6-4-5-7-17/h8-9,12H,4-7H2,1-3H3. The summed E-state index contributed by atoms with van der Waals surface area (Å²) in [5.74, 6) is 1.90. The Morgan fingerprint density at radius 2 is 1.60 bits per heavy atom. The molecule has 2 rings (SSSR count). The smallest absolute Gasteiger partial charge is 0.132 e. The van der Waals surface area contributed by atoms with Crippen molar-refractivity contribution in [3.63, 3.8) is 0 Å². The minimum atomic E-state index is -0.353. The van der Waals surface area contributed by atoms with Gasteiger partial charge in [-0.3, -0.25) is 4.90 Å². The van der Waals surface area contributed by atoms with Crippen LogP contribution in [-0.2, 0) is 0 Å². The van der Waals surface area contributed by atoms with Crippen LogP contribution in [0.5, 0.6) is 17.2 Å². The van der Waals surface area contributed by atoms with Crippen LogP contribution in [0.15, 0.2) is 12.1 Å². The van der Waals surface area contributed by atoms with Crippen LogP contribution in [0.25, 0.3) is 0 Å². The lowest BCUT2D eigenvalue weighted by Crippen LogP contribution is -2.25. The van der Waals surface area contributed by atoms with Gasteiger partial charge >= 0.3 is 0 Å². The Balaban J connectivity index is 2.49. The summed E-state index contributed by atoms with van der Waals surface area (Å²) in [6.07, 6.45) is 2.25. The van der Waals surface area contributed by atoms with Crippen LogP contribution >= 0.6 is 0 Å². The SMILES string of the molecule is COc1cc(OC)c(C(C#N)N2CCCC2)c(OC)c1. The van der Waals surface area contributed by atoms with Gasteiger partial charge in [0.25, 0.3) is 0 Å². The fourth-order valence-corrected chi connectivity index (χ4v) is 2.63. The van der Waals surface area contributed by atoms with Crippen molar-refractivity contribution in [1.29, 1.82) is 5.26 Å². The molecular weight excluding hydrogens is 256 g/mol. The highest BCUT2D eigenvalue weighted by molar-refractivity contribution is 5.53. The van der Waals surface area contributed by atoms with Crippen LogP contribution in [0.2, 0.25) is 0 Å². The molecule has 0 bridgehead atoms. The summed E-state index contributed by atoms with van der Waals surface area (Å²) in [5.41, 5.74) is 0.778. The minimum Gasteiger partial charge on any atom is -0.496 e. The Bertz CT molecular complexity index is 479. The summed E-state index contributed by atoms with van der Waals surface area (Å²) in [6.45, 7) is 1.85. The molecule has 0 saturated carbocycles. The van der Waals surface area contributed by atoms with Crippen molar-refractivity contribution in [3.05, 3.63) is 17.7 Å². The molecule has 1 heterocycles. The highest BCUT2D eigenvalue weighted by atomic mass is 16.5. The summed E-state index contributed by atoms with van der Waals surface area (Å²) in [4.78, 5) is 2.16. The number of hydrogen-bond donors (Lipinski definition) is 0. The van der Waals surface area contributed by atoms with E-state index in [0.717, 1.165) is 31.5 Å². The molecule has 108 valence electrons. The number of hydrogen-bond acceptors (Lipinski definition) is 5. The summed E-state index contributed by atoms with van der Waals surface area (Å²) in [6, 6.07) is 5.60. The molecule has 20 heavy (non-hydrogen) atoms. The van der Waals surface area contributed by atoms with E-state index in [1.165, 1.54) is 0 Å². The van der Waals surface area contributed by atoms with Gasteiger partial charge in [0.1, 0.15) is 23.3 Å². The lowest BCUT2D eigenvalue weighted by atomic mass is 10.0. The van der Waals surface area contributed by atoms with Gasteiger partial charge in [-0.25, -0.2) is 0 Å². The first kappa shape index (κ1) is 14.5. The number of benzene rings is 1. The first-order valence-corrected chi connectivity index (χ1v) is 6.68. The number of ether oxygens (including phenoxy) is 3. The van der Waals surface area contributed by atoms with Gasteiger partial charge in [0, 0.05) is 12.1 Å². The van der Waals surface area contributed by atoms with Gasteiger partial charge in [0.05, 0.1) is 33.0 Å². The van der Waals surface area contributed by atoms with Crippen LogP contribution < -0.4 is 14.2 Å². The van der Waals surface area contributed by atoms with Crippen LogP contribution in [0, 0.1) is 11.3 Å². The normalized spacial score (nSPS) is 16.5. The molecule has 1 aromatic rings. The number of rotatable bonds is 5. The third kappa shape index (κ3) is 2.66. The summed E-state index contributed by atoms with van der Waals surface area (Å²) >= 11 is 0. The van der Waals surface area contributed by atoms with Crippen LogP contribution in [-0.4, -0.2) is 39.3 Å². The van der Waals surface area contributed by atoms with Crippen molar-refractivity contribution in [3.8, 4) is 23.3 Å². The second-order valence-electron chi connectivity index (χ2n) is 4.72. The fourth-order valence-electron chi connectivity index (χ4n) is 2.63. The zero-order chi connectivity index (χ0) is 14.5. The lowest BCUT2D eigenvalue weighted by molar-refractivity contribution is 0.276. The van der Waals surface area contributed by atoms with Gasteiger partial charge < -0.3 is 14.2 Å². The second kappa shape index (κ2) is 6.49. The molecule has 1 fully saturated rings. The third-order valence-corrected chi connectivity index (χ3v) is 3.65. The van der Waals surface area contributed by atoms with Crippen molar-refractivity contribution in [2.45, 2.75) is 18.9 Å². The summed E-state index contributed by atoms with van der Waals surface area (Å²) in [7, 11) is 4.78. The first-order valence-electron chi connectivity index (χ1n) is 6.68.